The molecule has 1 N–H and O–H groups in total. The second-order valence-corrected chi connectivity index (χ2v) is 5.42. The molecule has 0 aromatic carbocycles. The number of nitrogens with one attached hydrogen (secondary N) is 1. The first-order valence-electron chi connectivity index (χ1n) is 4.47. The summed E-state index contributed by atoms with van der Waals surface area (Å²) in [6.45, 7) is 4.18. The lowest BCUT2D eigenvalue weighted by Gasteiger charge is -2.10. The Morgan fingerprint density at radius 1 is 1.40 bits per heavy atom. The maximum absolute atomic E-state index is 5.85. The number of halogens is 1. The van der Waals surface area contributed by atoms with Gasteiger partial charge in [0.25, 0.3) is 0 Å². The van der Waals surface area contributed by atoms with Crippen LogP contribution in [-0.2, 0) is 0 Å². The van der Waals surface area contributed by atoms with Crippen molar-refractivity contribution in [3.8, 4) is 0 Å². The molecule has 0 aliphatic heterocycles. The predicted octanol–water partition coefficient (Wildman–Crippen LogP) is 3.73. The van der Waals surface area contributed by atoms with Crippen LogP contribution in [0, 0.1) is 6.92 Å². The molecule has 0 aliphatic rings. The SMILES string of the molecule is Cc1ccc(C(C)Nc2nsnc2Cl)s1. The minimum Gasteiger partial charge on any atom is -0.359 e. The van der Waals surface area contributed by atoms with Gasteiger partial charge in [-0.25, -0.2) is 0 Å². The van der Waals surface area contributed by atoms with Crippen LogP contribution in [0.25, 0.3) is 0 Å². The summed E-state index contributed by atoms with van der Waals surface area (Å²) < 4.78 is 7.99. The number of aryl methyl sites for hydroxylation is 1. The van der Waals surface area contributed by atoms with E-state index in [9.17, 15) is 0 Å². The number of thiophene rings is 1. The highest BCUT2D eigenvalue weighted by Crippen LogP contribution is 2.27. The lowest BCUT2D eigenvalue weighted by atomic mass is 10.3. The van der Waals surface area contributed by atoms with Crippen LogP contribution in [0.15, 0.2) is 12.1 Å². The van der Waals surface area contributed by atoms with Gasteiger partial charge in [-0.2, -0.15) is 8.75 Å². The summed E-state index contributed by atoms with van der Waals surface area (Å²) >= 11 is 8.74. The van der Waals surface area contributed by atoms with Crippen molar-refractivity contribution in [1.29, 1.82) is 0 Å². The van der Waals surface area contributed by atoms with Gasteiger partial charge < -0.3 is 5.32 Å². The Bertz CT molecular complexity index is 452. The second kappa shape index (κ2) is 4.47. The largest absolute Gasteiger partial charge is 0.359 e. The molecule has 80 valence electrons. The Kier molecular flexibility index (Phi) is 3.23. The number of hydrogen-bond acceptors (Lipinski definition) is 5. The van der Waals surface area contributed by atoms with Crippen LogP contribution in [-0.4, -0.2) is 8.75 Å². The van der Waals surface area contributed by atoms with Gasteiger partial charge in [0, 0.05) is 9.75 Å². The van der Waals surface area contributed by atoms with E-state index in [1.807, 2.05) is 0 Å². The van der Waals surface area contributed by atoms with Gasteiger partial charge in [-0.15, -0.1) is 11.3 Å². The molecule has 0 bridgehead atoms. The minimum absolute atomic E-state index is 0.213. The third-order valence-corrected chi connectivity index (χ3v) is 4.07. The third-order valence-electron chi connectivity index (χ3n) is 1.99. The number of anilines is 1. The van der Waals surface area contributed by atoms with Gasteiger partial charge in [0.1, 0.15) is 0 Å². The lowest BCUT2D eigenvalue weighted by molar-refractivity contribution is 0.901. The lowest BCUT2D eigenvalue weighted by Crippen LogP contribution is -2.05. The number of nitrogens with zero attached hydrogens (tertiary/aromatic N) is 2. The zero-order valence-electron chi connectivity index (χ0n) is 8.32. The molecule has 15 heavy (non-hydrogen) atoms. The highest BCUT2D eigenvalue weighted by atomic mass is 35.5. The summed E-state index contributed by atoms with van der Waals surface area (Å²) in [5, 5.41) is 3.68. The molecule has 3 nitrogen and oxygen atoms in total. The maximum atomic E-state index is 5.85. The van der Waals surface area contributed by atoms with E-state index in [-0.39, 0.29) is 6.04 Å². The molecule has 2 aromatic rings. The number of hydrogen-bond donors (Lipinski definition) is 1. The summed E-state index contributed by atoms with van der Waals surface area (Å²) in [4.78, 5) is 2.58. The molecule has 0 saturated carbocycles. The molecule has 2 heterocycles. The van der Waals surface area contributed by atoms with Crippen LogP contribution in [0.4, 0.5) is 5.82 Å². The zero-order valence-corrected chi connectivity index (χ0v) is 10.7. The monoisotopic (exact) mass is 259 g/mol. The molecule has 0 radical (unpaired) electrons. The Morgan fingerprint density at radius 2 is 2.20 bits per heavy atom. The van der Waals surface area contributed by atoms with Crippen molar-refractivity contribution in [1.82, 2.24) is 8.75 Å². The fourth-order valence-corrected chi connectivity index (χ4v) is 2.77. The van der Waals surface area contributed by atoms with E-state index in [4.69, 9.17) is 11.6 Å². The smallest absolute Gasteiger partial charge is 0.186 e. The summed E-state index contributed by atoms with van der Waals surface area (Å²) in [6, 6.07) is 4.44. The van der Waals surface area contributed by atoms with Gasteiger partial charge in [-0.3, -0.25) is 0 Å². The summed E-state index contributed by atoms with van der Waals surface area (Å²) in [6.07, 6.45) is 0. The van der Waals surface area contributed by atoms with Gasteiger partial charge >= 0.3 is 0 Å². The molecule has 0 amide bonds. The Morgan fingerprint density at radius 3 is 2.73 bits per heavy atom. The van der Waals surface area contributed by atoms with Crippen LogP contribution in [0.2, 0.25) is 5.15 Å². The standard InChI is InChI=1S/C9H10ClN3S2/c1-5-3-4-7(14-5)6(2)11-9-8(10)12-15-13-9/h3-4,6H,1-2H3,(H,11,13). The fraction of sp³-hybridized carbons (Fsp3) is 0.333. The van der Waals surface area contributed by atoms with E-state index >= 15 is 0 Å². The summed E-state index contributed by atoms with van der Waals surface area (Å²) in [7, 11) is 0. The van der Waals surface area contributed by atoms with E-state index in [2.05, 4.69) is 40.0 Å². The van der Waals surface area contributed by atoms with Crippen LogP contribution in [0.5, 0.6) is 0 Å². The minimum atomic E-state index is 0.213. The normalized spacial score (nSPS) is 12.7. The molecule has 0 fully saturated rings. The quantitative estimate of drug-likeness (QED) is 0.913. The van der Waals surface area contributed by atoms with Crippen molar-refractivity contribution >= 4 is 40.5 Å². The van der Waals surface area contributed by atoms with Crippen molar-refractivity contribution in [3.63, 3.8) is 0 Å². The first-order valence-corrected chi connectivity index (χ1v) is 6.40. The summed E-state index contributed by atoms with van der Waals surface area (Å²) in [5.41, 5.74) is 0. The van der Waals surface area contributed by atoms with E-state index in [1.54, 1.807) is 11.3 Å². The fourth-order valence-electron chi connectivity index (χ4n) is 1.23. The van der Waals surface area contributed by atoms with Crippen LogP contribution < -0.4 is 5.32 Å². The van der Waals surface area contributed by atoms with Crippen molar-refractivity contribution in [2.75, 3.05) is 5.32 Å². The summed E-state index contributed by atoms with van der Waals surface area (Å²) in [5.74, 6) is 0.667. The van der Waals surface area contributed by atoms with Gasteiger partial charge in [-0.1, -0.05) is 11.6 Å². The van der Waals surface area contributed by atoms with Crippen molar-refractivity contribution in [2.45, 2.75) is 19.9 Å². The molecule has 1 unspecified atom stereocenters. The van der Waals surface area contributed by atoms with Crippen molar-refractivity contribution < 1.29 is 0 Å². The molecule has 2 rings (SSSR count). The highest BCUT2D eigenvalue weighted by Gasteiger charge is 2.11. The van der Waals surface area contributed by atoms with Gasteiger partial charge in [0.2, 0.25) is 0 Å². The molecule has 6 heteroatoms. The van der Waals surface area contributed by atoms with Crippen molar-refractivity contribution in [2.24, 2.45) is 0 Å². The molecule has 0 spiro atoms. The first-order chi connectivity index (χ1) is 7.16. The topological polar surface area (TPSA) is 37.8 Å². The Labute approximate surface area is 101 Å². The number of rotatable bonds is 3. The van der Waals surface area contributed by atoms with Gasteiger partial charge in [0.05, 0.1) is 17.8 Å². The molecule has 0 saturated heterocycles. The van der Waals surface area contributed by atoms with Crippen LogP contribution in [0.3, 0.4) is 0 Å². The molecule has 1 atom stereocenters. The van der Waals surface area contributed by atoms with Crippen molar-refractivity contribution in [3.05, 3.63) is 27.0 Å². The van der Waals surface area contributed by atoms with E-state index in [0.29, 0.717) is 11.0 Å². The maximum Gasteiger partial charge on any atom is 0.186 e. The first kappa shape index (κ1) is 10.9. The van der Waals surface area contributed by atoms with Gasteiger partial charge in [-0.05, 0) is 26.0 Å². The van der Waals surface area contributed by atoms with E-state index in [1.165, 1.54) is 9.75 Å². The average Bonchev–Trinajstić information content (AvgIpc) is 2.77. The molecule has 2 aromatic heterocycles. The van der Waals surface area contributed by atoms with Gasteiger partial charge in [0.15, 0.2) is 11.0 Å². The van der Waals surface area contributed by atoms with E-state index < -0.39 is 0 Å². The molecule has 0 aliphatic carbocycles. The number of aromatic nitrogens is 2. The molecular formula is C9H10ClN3S2. The predicted molar refractivity (Wildman–Crippen MR) is 66.0 cm³/mol. The van der Waals surface area contributed by atoms with E-state index in [0.717, 1.165) is 11.7 Å². The van der Waals surface area contributed by atoms with Crippen LogP contribution in [0.1, 0.15) is 22.7 Å². The Hall–Kier alpha value is -0.650. The third kappa shape index (κ3) is 2.48. The molecular weight excluding hydrogens is 250 g/mol. The van der Waals surface area contributed by atoms with Crippen LogP contribution >= 0.6 is 34.7 Å². The Balaban J connectivity index is 2.10. The highest BCUT2D eigenvalue weighted by molar-refractivity contribution is 7.12. The second-order valence-electron chi connectivity index (χ2n) is 3.22. The average molecular weight is 260 g/mol. The zero-order chi connectivity index (χ0) is 10.8.